The maximum Gasteiger partial charge on any atom is 0.196 e. The minimum Gasteiger partial charge on any atom is -0.496 e. The van der Waals surface area contributed by atoms with E-state index in [-0.39, 0.29) is 5.78 Å². The molecule has 0 atom stereocenters. The van der Waals surface area contributed by atoms with Crippen molar-refractivity contribution in [1.29, 1.82) is 0 Å². The van der Waals surface area contributed by atoms with Crippen LogP contribution in [0.15, 0.2) is 35.8 Å². The Hall–Kier alpha value is -1.34. The van der Waals surface area contributed by atoms with Crippen molar-refractivity contribution in [3.05, 3.63) is 49.9 Å². The lowest BCUT2D eigenvalue weighted by atomic mass is 10.0. The van der Waals surface area contributed by atoms with Crippen LogP contribution in [0.5, 0.6) is 5.75 Å². The van der Waals surface area contributed by atoms with Gasteiger partial charge >= 0.3 is 0 Å². The summed E-state index contributed by atoms with van der Waals surface area (Å²) in [5.74, 6) is 0.738. The fourth-order valence-electron chi connectivity index (χ4n) is 2.09. The number of fused-ring (bicyclic) bond motifs is 1. The van der Waals surface area contributed by atoms with Crippen molar-refractivity contribution in [1.82, 2.24) is 4.98 Å². The van der Waals surface area contributed by atoms with Gasteiger partial charge in [-0.1, -0.05) is 6.07 Å². The third-order valence-electron chi connectivity index (χ3n) is 2.96. The lowest BCUT2D eigenvalue weighted by molar-refractivity contribution is 0.104. The van der Waals surface area contributed by atoms with Crippen molar-refractivity contribution >= 4 is 50.6 Å². The summed E-state index contributed by atoms with van der Waals surface area (Å²) in [5.41, 5.74) is 2.29. The van der Waals surface area contributed by atoms with Gasteiger partial charge in [-0.2, -0.15) is 0 Å². The lowest BCUT2D eigenvalue weighted by Gasteiger charge is -2.03. The molecule has 0 aliphatic rings. The second-order valence-electron chi connectivity index (χ2n) is 4.05. The summed E-state index contributed by atoms with van der Waals surface area (Å²) >= 11 is 3.79. The number of ether oxygens (including phenoxy) is 1. The first-order valence-electron chi connectivity index (χ1n) is 5.63. The molecule has 0 aliphatic heterocycles. The normalized spacial score (nSPS) is 10.8. The Morgan fingerprint density at radius 1 is 1.42 bits per heavy atom. The highest BCUT2D eigenvalue weighted by atomic mass is 127. The highest BCUT2D eigenvalue weighted by molar-refractivity contribution is 14.1. The molecule has 0 saturated carbocycles. The third kappa shape index (κ3) is 2.17. The van der Waals surface area contributed by atoms with Crippen LogP contribution in [0.3, 0.4) is 0 Å². The number of carbonyl (C=O) groups is 1. The SMILES string of the molecule is COc1cccc2[nH]cc(C(=O)c3csc(I)c3)c12. The van der Waals surface area contributed by atoms with E-state index >= 15 is 0 Å². The highest BCUT2D eigenvalue weighted by Gasteiger charge is 2.18. The molecule has 0 amide bonds. The zero-order valence-corrected chi connectivity index (χ0v) is 13.0. The quantitative estimate of drug-likeness (QED) is 0.547. The number of methoxy groups -OCH3 is 1. The monoisotopic (exact) mass is 383 g/mol. The fraction of sp³-hybridized carbons (Fsp3) is 0.0714. The molecule has 3 aromatic rings. The topological polar surface area (TPSA) is 42.1 Å². The molecule has 0 bridgehead atoms. The Balaban J connectivity index is 2.18. The molecular formula is C14H10INO2S. The van der Waals surface area contributed by atoms with Crippen molar-refractivity contribution in [3.63, 3.8) is 0 Å². The number of carbonyl (C=O) groups excluding carboxylic acids is 1. The van der Waals surface area contributed by atoms with Gasteiger partial charge in [-0.3, -0.25) is 4.79 Å². The van der Waals surface area contributed by atoms with Crippen LogP contribution in [0.4, 0.5) is 0 Å². The molecule has 0 unspecified atom stereocenters. The van der Waals surface area contributed by atoms with E-state index in [4.69, 9.17) is 4.74 Å². The first kappa shape index (κ1) is 12.7. The minimum absolute atomic E-state index is 0.0231. The molecule has 19 heavy (non-hydrogen) atoms. The van der Waals surface area contributed by atoms with Crippen molar-refractivity contribution in [3.8, 4) is 5.75 Å². The van der Waals surface area contributed by atoms with Gasteiger partial charge in [0.2, 0.25) is 0 Å². The molecule has 96 valence electrons. The van der Waals surface area contributed by atoms with Gasteiger partial charge in [-0.15, -0.1) is 11.3 Å². The molecule has 0 aliphatic carbocycles. The second kappa shape index (κ2) is 4.97. The average molecular weight is 383 g/mol. The van der Waals surface area contributed by atoms with Crippen LogP contribution >= 0.6 is 33.9 Å². The van der Waals surface area contributed by atoms with Crippen LogP contribution in [0.25, 0.3) is 10.9 Å². The Morgan fingerprint density at radius 3 is 2.95 bits per heavy atom. The van der Waals surface area contributed by atoms with Gasteiger partial charge in [0, 0.05) is 22.7 Å². The van der Waals surface area contributed by atoms with Gasteiger partial charge in [0.25, 0.3) is 0 Å². The summed E-state index contributed by atoms with van der Waals surface area (Å²) in [7, 11) is 1.61. The van der Waals surface area contributed by atoms with Crippen molar-refractivity contribution in [2.45, 2.75) is 0 Å². The molecule has 0 saturated heterocycles. The molecule has 2 heterocycles. The summed E-state index contributed by atoms with van der Waals surface area (Å²) in [6, 6.07) is 7.61. The Morgan fingerprint density at radius 2 is 2.26 bits per heavy atom. The maximum absolute atomic E-state index is 12.5. The van der Waals surface area contributed by atoms with Gasteiger partial charge in [0.15, 0.2) is 5.78 Å². The molecule has 0 fully saturated rings. The number of halogens is 1. The first-order valence-corrected chi connectivity index (χ1v) is 7.59. The molecule has 1 aromatic carbocycles. The van der Waals surface area contributed by atoms with E-state index < -0.39 is 0 Å². The predicted octanol–water partition coefficient (Wildman–Crippen LogP) is 4.07. The van der Waals surface area contributed by atoms with E-state index in [1.165, 1.54) is 0 Å². The maximum atomic E-state index is 12.5. The van der Waals surface area contributed by atoms with Crippen LogP contribution in [0, 0.1) is 2.88 Å². The lowest BCUT2D eigenvalue weighted by Crippen LogP contribution is -1.99. The highest BCUT2D eigenvalue weighted by Crippen LogP contribution is 2.30. The summed E-state index contributed by atoms with van der Waals surface area (Å²) < 4.78 is 6.45. The van der Waals surface area contributed by atoms with Gasteiger partial charge in [-0.05, 0) is 40.8 Å². The van der Waals surface area contributed by atoms with Crippen molar-refractivity contribution in [2.75, 3.05) is 7.11 Å². The molecule has 5 heteroatoms. The summed E-state index contributed by atoms with van der Waals surface area (Å²) in [4.78, 5) is 15.7. The summed E-state index contributed by atoms with van der Waals surface area (Å²) in [5, 5.41) is 2.73. The van der Waals surface area contributed by atoms with Gasteiger partial charge < -0.3 is 9.72 Å². The number of nitrogens with one attached hydrogen (secondary N) is 1. The molecule has 1 N–H and O–H groups in total. The number of rotatable bonds is 3. The third-order valence-corrected chi connectivity index (χ3v) is 4.75. The van der Waals surface area contributed by atoms with E-state index in [2.05, 4.69) is 27.6 Å². The minimum atomic E-state index is 0.0231. The fourth-order valence-corrected chi connectivity index (χ4v) is 3.41. The van der Waals surface area contributed by atoms with Gasteiger partial charge in [-0.25, -0.2) is 0 Å². The van der Waals surface area contributed by atoms with E-state index in [1.54, 1.807) is 24.6 Å². The zero-order valence-electron chi connectivity index (χ0n) is 10.1. The van der Waals surface area contributed by atoms with Crippen LogP contribution in [0.2, 0.25) is 0 Å². The van der Waals surface area contributed by atoms with Crippen LogP contribution in [-0.2, 0) is 0 Å². The van der Waals surface area contributed by atoms with E-state index in [0.29, 0.717) is 11.3 Å². The smallest absolute Gasteiger partial charge is 0.196 e. The summed E-state index contributed by atoms with van der Waals surface area (Å²) in [6.45, 7) is 0. The number of H-pyrrole nitrogens is 1. The Kier molecular flexibility index (Phi) is 3.32. The van der Waals surface area contributed by atoms with E-state index in [9.17, 15) is 4.79 Å². The molecule has 3 nitrogen and oxygen atoms in total. The predicted molar refractivity (Wildman–Crippen MR) is 85.3 cm³/mol. The number of ketones is 1. The summed E-state index contributed by atoms with van der Waals surface area (Å²) in [6.07, 6.45) is 1.75. The Labute approximate surface area is 127 Å². The van der Waals surface area contributed by atoms with Crippen LogP contribution in [0.1, 0.15) is 15.9 Å². The number of benzene rings is 1. The van der Waals surface area contributed by atoms with Gasteiger partial charge in [0.1, 0.15) is 5.75 Å². The van der Waals surface area contributed by atoms with Crippen LogP contribution in [-0.4, -0.2) is 17.9 Å². The van der Waals surface area contributed by atoms with E-state index in [0.717, 1.165) is 19.4 Å². The molecule has 0 spiro atoms. The average Bonchev–Trinajstić information content (AvgIpc) is 3.03. The van der Waals surface area contributed by atoms with E-state index in [1.807, 2.05) is 29.6 Å². The zero-order chi connectivity index (χ0) is 13.4. The number of thiophene rings is 1. The number of aromatic nitrogens is 1. The molecule has 2 aromatic heterocycles. The van der Waals surface area contributed by atoms with Gasteiger partial charge in [0.05, 0.1) is 20.9 Å². The number of hydrogen-bond donors (Lipinski definition) is 1. The van der Waals surface area contributed by atoms with Crippen molar-refractivity contribution < 1.29 is 9.53 Å². The molecule has 3 rings (SSSR count). The largest absolute Gasteiger partial charge is 0.496 e. The van der Waals surface area contributed by atoms with Crippen LogP contribution < -0.4 is 4.74 Å². The standard InChI is InChI=1S/C14H10INO2S/c1-18-11-4-2-3-10-13(11)9(6-16-10)14(17)8-5-12(15)19-7-8/h2-7,16H,1H3. The van der Waals surface area contributed by atoms with Crippen molar-refractivity contribution in [2.24, 2.45) is 0 Å². The molecule has 0 radical (unpaired) electrons. The first-order chi connectivity index (χ1) is 9.20. The number of hydrogen-bond acceptors (Lipinski definition) is 3. The number of aromatic amines is 1. The second-order valence-corrected chi connectivity index (χ2v) is 6.86. The Bertz CT molecular complexity index is 760. The molecular weight excluding hydrogens is 373 g/mol.